The Morgan fingerprint density at radius 2 is 2.00 bits per heavy atom. The Bertz CT molecular complexity index is 433. The first kappa shape index (κ1) is 12.2. The maximum absolute atomic E-state index is 11.1. The zero-order valence-corrected chi connectivity index (χ0v) is 11.0. The van der Waals surface area contributed by atoms with Gasteiger partial charge in [-0.15, -0.1) is 0 Å². The minimum atomic E-state index is 0.0695. The summed E-state index contributed by atoms with van der Waals surface area (Å²) in [5.41, 5.74) is 4.27. The fourth-order valence-corrected chi connectivity index (χ4v) is 2.54. The molecule has 0 aromatic heterocycles. The standard InChI is InChI=1S/C15H21NO/c1-11-5-6-14(9-12(11)2)15(7-4-8-15)10-16-13(3)17/h5-6,9H,4,7-8,10H2,1-3H3,(H,16,17). The summed E-state index contributed by atoms with van der Waals surface area (Å²) in [5, 5.41) is 2.98. The molecule has 0 radical (unpaired) electrons. The molecule has 0 unspecified atom stereocenters. The van der Waals surface area contributed by atoms with Crippen LogP contribution in [-0.2, 0) is 10.2 Å². The van der Waals surface area contributed by atoms with E-state index in [1.54, 1.807) is 6.92 Å². The van der Waals surface area contributed by atoms with Gasteiger partial charge in [0.25, 0.3) is 0 Å². The molecule has 1 aliphatic carbocycles. The summed E-state index contributed by atoms with van der Waals surface area (Å²) >= 11 is 0. The molecule has 2 nitrogen and oxygen atoms in total. The fourth-order valence-electron chi connectivity index (χ4n) is 2.54. The van der Waals surface area contributed by atoms with Crippen LogP contribution >= 0.6 is 0 Å². The molecule has 0 atom stereocenters. The van der Waals surface area contributed by atoms with Crippen molar-refractivity contribution in [3.63, 3.8) is 0 Å². The van der Waals surface area contributed by atoms with Crippen molar-refractivity contribution in [1.82, 2.24) is 5.32 Å². The van der Waals surface area contributed by atoms with Crippen molar-refractivity contribution in [2.24, 2.45) is 0 Å². The number of amides is 1. The SMILES string of the molecule is CC(=O)NCC1(c2ccc(C)c(C)c2)CCC1. The Morgan fingerprint density at radius 1 is 1.29 bits per heavy atom. The molecular formula is C15H21NO. The molecule has 1 aliphatic rings. The van der Waals surface area contributed by atoms with Crippen LogP contribution in [0.5, 0.6) is 0 Å². The van der Waals surface area contributed by atoms with Gasteiger partial charge in [0, 0.05) is 18.9 Å². The Labute approximate surface area is 103 Å². The Morgan fingerprint density at radius 3 is 2.47 bits per heavy atom. The smallest absolute Gasteiger partial charge is 0.216 e. The summed E-state index contributed by atoms with van der Waals surface area (Å²) in [6, 6.07) is 6.71. The van der Waals surface area contributed by atoms with Crippen LogP contribution in [0.15, 0.2) is 18.2 Å². The van der Waals surface area contributed by atoms with E-state index in [1.165, 1.54) is 36.0 Å². The van der Waals surface area contributed by atoms with E-state index in [0.717, 1.165) is 6.54 Å². The van der Waals surface area contributed by atoms with Gasteiger partial charge in [-0.2, -0.15) is 0 Å². The largest absolute Gasteiger partial charge is 0.355 e. The van der Waals surface area contributed by atoms with Crippen molar-refractivity contribution in [2.75, 3.05) is 6.54 Å². The maximum Gasteiger partial charge on any atom is 0.216 e. The molecule has 0 bridgehead atoms. The first-order chi connectivity index (χ1) is 8.03. The molecule has 0 heterocycles. The zero-order chi connectivity index (χ0) is 12.5. The first-order valence-corrected chi connectivity index (χ1v) is 6.36. The highest BCUT2D eigenvalue weighted by molar-refractivity contribution is 5.73. The normalized spacial score (nSPS) is 17.4. The van der Waals surface area contributed by atoms with Gasteiger partial charge in [-0.05, 0) is 43.4 Å². The van der Waals surface area contributed by atoms with Gasteiger partial charge < -0.3 is 5.32 Å². The highest BCUT2D eigenvalue weighted by atomic mass is 16.1. The van der Waals surface area contributed by atoms with Crippen molar-refractivity contribution in [3.05, 3.63) is 34.9 Å². The van der Waals surface area contributed by atoms with Crippen LogP contribution in [-0.4, -0.2) is 12.5 Å². The number of carbonyl (C=O) groups excluding carboxylic acids is 1. The average molecular weight is 231 g/mol. The van der Waals surface area contributed by atoms with Crippen molar-refractivity contribution < 1.29 is 4.79 Å². The number of carbonyl (C=O) groups is 1. The minimum absolute atomic E-state index is 0.0695. The molecule has 0 spiro atoms. The average Bonchev–Trinajstić information content (AvgIpc) is 2.21. The number of benzene rings is 1. The Kier molecular flexibility index (Phi) is 3.23. The maximum atomic E-state index is 11.1. The van der Waals surface area contributed by atoms with Gasteiger partial charge in [-0.3, -0.25) is 4.79 Å². The molecule has 1 fully saturated rings. The minimum Gasteiger partial charge on any atom is -0.355 e. The van der Waals surface area contributed by atoms with Crippen molar-refractivity contribution >= 4 is 5.91 Å². The van der Waals surface area contributed by atoms with Crippen LogP contribution in [0.3, 0.4) is 0 Å². The monoisotopic (exact) mass is 231 g/mol. The zero-order valence-electron chi connectivity index (χ0n) is 11.0. The second-order valence-corrected chi connectivity index (χ2v) is 5.34. The van der Waals surface area contributed by atoms with Crippen LogP contribution in [0, 0.1) is 13.8 Å². The molecule has 1 amide bonds. The summed E-state index contributed by atoms with van der Waals surface area (Å²) in [6.07, 6.45) is 3.65. The summed E-state index contributed by atoms with van der Waals surface area (Å²) in [7, 11) is 0. The molecule has 1 N–H and O–H groups in total. The van der Waals surface area contributed by atoms with Crippen LogP contribution in [0.1, 0.15) is 42.9 Å². The number of hydrogen-bond donors (Lipinski definition) is 1. The van der Waals surface area contributed by atoms with Gasteiger partial charge in [0.05, 0.1) is 0 Å². The molecule has 1 saturated carbocycles. The number of hydrogen-bond acceptors (Lipinski definition) is 1. The molecule has 2 rings (SSSR count). The summed E-state index contributed by atoms with van der Waals surface area (Å²) in [4.78, 5) is 11.1. The van der Waals surface area contributed by atoms with Crippen molar-refractivity contribution in [1.29, 1.82) is 0 Å². The van der Waals surface area contributed by atoms with E-state index in [9.17, 15) is 4.79 Å². The molecular weight excluding hydrogens is 210 g/mol. The lowest BCUT2D eigenvalue weighted by Crippen LogP contribution is -2.45. The summed E-state index contributed by atoms with van der Waals surface area (Å²) in [6.45, 7) is 6.67. The predicted molar refractivity (Wildman–Crippen MR) is 70.1 cm³/mol. The van der Waals surface area contributed by atoms with E-state index in [-0.39, 0.29) is 11.3 Å². The van der Waals surface area contributed by atoms with Gasteiger partial charge in [0.2, 0.25) is 5.91 Å². The van der Waals surface area contributed by atoms with Crippen molar-refractivity contribution in [2.45, 2.75) is 45.4 Å². The molecule has 17 heavy (non-hydrogen) atoms. The fraction of sp³-hybridized carbons (Fsp3) is 0.533. The number of nitrogens with one attached hydrogen (secondary N) is 1. The van der Waals surface area contributed by atoms with Gasteiger partial charge in [0.1, 0.15) is 0 Å². The number of aryl methyl sites for hydroxylation is 2. The van der Waals surface area contributed by atoms with E-state index in [2.05, 4.69) is 37.4 Å². The van der Waals surface area contributed by atoms with E-state index in [0.29, 0.717) is 0 Å². The van der Waals surface area contributed by atoms with Crippen LogP contribution in [0.25, 0.3) is 0 Å². The summed E-state index contributed by atoms with van der Waals surface area (Å²) < 4.78 is 0. The second kappa shape index (κ2) is 4.52. The topological polar surface area (TPSA) is 29.1 Å². The molecule has 1 aromatic carbocycles. The lowest BCUT2D eigenvalue weighted by Gasteiger charge is -2.42. The first-order valence-electron chi connectivity index (χ1n) is 6.36. The van der Waals surface area contributed by atoms with Crippen LogP contribution in [0.2, 0.25) is 0 Å². The molecule has 1 aromatic rings. The van der Waals surface area contributed by atoms with Gasteiger partial charge in [0.15, 0.2) is 0 Å². The van der Waals surface area contributed by atoms with E-state index >= 15 is 0 Å². The van der Waals surface area contributed by atoms with Gasteiger partial charge in [-0.1, -0.05) is 24.6 Å². The highest BCUT2D eigenvalue weighted by Crippen LogP contribution is 2.43. The predicted octanol–water partition coefficient (Wildman–Crippen LogP) is 2.86. The molecule has 0 aliphatic heterocycles. The van der Waals surface area contributed by atoms with Gasteiger partial charge in [-0.25, -0.2) is 0 Å². The van der Waals surface area contributed by atoms with E-state index < -0.39 is 0 Å². The quantitative estimate of drug-likeness (QED) is 0.851. The Balaban J connectivity index is 2.22. The lowest BCUT2D eigenvalue weighted by molar-refractivity contribution is -0.119. The third-order valence-corrected chi connectivity index (χ3v) is 4.11. The second-order valence-electron chi connectivity index (χ2n) is 5.34. The van der Waals surface area contributed by atoms with Crippen molar-refractivity contribution in [3.8, 4) is 0 Å². The summed E-state index contributed by atoms with van der Waals surface area (Å²) in [5.74, 6) is 0.0695. The van der Waals surface area contributed by atoms with Gasteiger partial charge >= 0.3 is 0 Å². The molecule has 0 saturated heterocycles. The lowest BCUT2D eigenvalue weighted by atomic mass is 9.64. The number of rotatable bonds is 3. The Hall–Kier alpha value is -1.31. The highest BCUT2D eigenvalue weighted by Gasteiger charge is 2.38. The third-order valence-electron chi connectivity index (χ3n) is 4.11. The van der Waals surface area contributed by atoms with Crippen LogP contribution < -0.4 is 5.32 Å². The van der Waals surface area contributed by atoms with E-state index in [4.69, 9.17) is 0 Å². The van der Waals surface area contributed by atoms with E-state index in [1.807, 2.05) is 0 Å². The molecule has 92 valence electrons. The van der Waals surface area contributed by atoms with Crippen LogP contribution in [0.4, 0.5) is 0 Å². The molecule has 2 heteroatoms. The third kappa shape index (κ3) is 2.36.